The van der Waals surface area contributed by atoms with Crippen LogP contribution in [0.15, 0.2) is 11.6 Å². The molecule has 0 bridgehead atoms. The molecule has 0 aromatic carbocycles. The van der Waals surface area contributed by atoms with E-state index >= 15 is 0 Å². The molecule has 4 aliphatic rings. The Labute approximate surface area is 163 Å². The van der Waals surface area contributed by atoms with E-state index in [9.17, 15) is 4.79 Å². The first-order valence-corrected chi connectivity index (χ1v) is 11.1. The Morgan fingerprint density at radius 2 is 2.04 bits per heavy atom. The molecule has 0 amide bonds. The van der Waals surface area contributed by atoms with Gasteiger partial charge in [-0.2, -0.15) is 0 Å². The molecular formula is C23H36O4. The summed E-state index contributed by atoms with van der Waals surface area (Å²) in [5.74, 6) is 2.23. The van der Waals surface area contributed by atoms with Crippen molar-refractivity contribution < 1.29 is 19.4 Å². The van der Waals surface area contributed by atoms with Crippen LogP contribution in [0.4, 0.5) is 4.79 Å². The van der Waals surface area contributed by atoms with Gasteiger partial charge in [0.1, 0.15) is 12.2 Å². The number of hydrogen-bond acceptors (Lipinski definition) is 4. The molecule has 4 aliphatic carbocycles. The van der Waals surface area contributed by atoms with Gasteiger partial charge in [-0.1, -0.05) is 25.5 Å². The molecule has 3 saturated carbocycles. The minimum Gasteiger partial charge on any atom is -0.430 e. The van der Waals surface area contributed by atoms with Crippen molar-refractivity contribution in [1.82, 2.24) is 0 Å². The fraction of sp³-hybridized carbons (Fsp3) is 0.870. The highest BCUT2D eigenvalue weighted by atomic mass is 16.7. The Balaban J connectivity index is 1.49. The molecule has 4 heteroatoms. The zero-order chi connectivity index (χ0) is 19.2. The summed E-state index contributed by atoms with van der Waals surface area (Å²) < 4.78 is 10.9. The van der Waals surface area contributed by atoms with Crippen molar-refractivity contribution in [3.05, 3.63) is 11.6 Å². The predicted molar refractivity (Wildman–Crippen MR) is 104 cm³/mol. The number of ether oxygens (including phenoxy) is 2. The Bertz CT molecular complexity index is 613. The molecule has 0 heterocycles. The lowest BCUT2D eigenvalue weighted by Crippen LogP contribution is -2.51. The van der Waals surface area contributed by atoms with E-state index in [2.05, 4.69) is 19.9 Å². The maximum absolute atomic E-state index is 12.1. The number of hydrogen-bond donors (Lipinski definition) is 1. The number of carbonyl (C=O) groups excluding carboxylic acids is 1. The number of aliphatic hydroxyl groups is 1. The van der Waals surface area contributed by atoms with Crippen LogP contribution in [0.25, 0.3) is 0 Å². The lowest BCUT2D eigenvalue weighted by atomic mass is 9.47. The van der Waals surface area contributed by atoms with E-state index < -0.39 is 12.3 Å². The van der Waals surface area contributed by atoms with Gasteiger partial charge in [0.05, 0.1) is 6.61 Å². The molecule has 27 heavy (non-hydrogen) atoms. The minimum absolute atomic E-state index is 0.0436. The van der Waals surface area contributed by atoms with E-state index in [1.165, 1.54) is 44.9 Å². The molecular weight excluding hydrogens is 340 g/mol. The smallest absolute Gasteiger partial charge is 0.430 e. The van der Waals surface area contributed by atoms with Crippen LogP contribution in [0.1, 0.15) is 78.6 Å². The second kappa shape index (κ2) is 7.09. The number of aliphatic hydroxyl groups excluding tert-OH is 1. The molecule has 0 spiro atoms. The third kappa shape index (κ3) is 3.12. The van der Waals surface area contributed by atoms with Crippen molar-refractivity contribution in [3.63, 3.8) is 0 Å². The van der Waals surface area contributed by atoms with Crippen molar-refractivity contribution in [1.29, 1.82) is 0 Å². The molecule has 4 rings (SSSR count). The van der Waals surface area contributed by atoms with E-state index in [1.807, 2.05) is 0 Å². The molecule has 152 valence electrons. The van der Waals surface area contributed by atoms with E-state index in [0.717, 1.165) is 24.7 Å². The van der Waals surface area contributed by atoms with E-state index in [-0.39, 0.29) is 18.1 Å². The molecule has 1 unspecified atom stereocenters. The van der Waals surface area contributed by atoms with Crippen LogP contribution in [0, 0.1) is 28.6 Å². The van der Waals surface area contributed by atoms with E-state index in [4.69, 9.17) is 14.6 Å². The Hall–Kier alpha value is -1.03. The number of rotatable bonds is 3. The molecule has 0 aliphatic heterocycles. The predicted octanol–water partition coefficient (Wildman–Crippen LogP) is 5.24. The highest BCUT2D eigenvalue weighted by Crippen LogP contribution is 2.65. The minimum atomic E-state index is -0.612. The van der Waals surface area contributed by atoms with Gasteiger partial charge in [-0.05, 0) is 87.9 Å². The second-order valence-electron chi connectivity index (χ2n) is 10.0. The number of allylic oxidation sites excluding steroid dienone is 2. The molecule has 4 nitrogen and oxygen atoms in total. The lowest BCUT2D eigenvalue weighted by Gasteiger charge is -2.58. The highest BCUT2D eigenvalue weighted by Gasteiger charge is 2.59. The van der Waals surface area contributed by atoms with Gasteiger partial charge in [-0.15, -0.1) is 0 Å². The average Bonchev–Trinajstić information content (AvgIpc) is 2.97. The van der Waals surface area contributed by atoms with Crippen LogP contribution >= 0.6 is 0 Å². The molecule has 0 saturated heterocycles. The maximum atomic E-state index is 12.1. The third-order valence-electron chi connectivity index (χ3n) is 8.73. The molecule has 7 atom stereocenters. The van der Waals surface area contributed by atoms with E-state index in [0.29, 0.717) is 11.3 Å². The zero-order valence-electron chi connectivity index (χ0n) is 17.2. The fourth-order valence-electron chi connectivity index (χ4n) is 7.24. The fourth-order valence-corrected chi connectivity index (χ4v) is 7.24. The van der Waals surface area contributed by atoms with Crippen LogP contribution in [0.2, 0.25) is 0 Å². The van der Waals surface area contributed by atoms with Crippen molar-refractivity contribution in [2.45, 2.75) is 90.8 Å². The standard InChI is InChI=1S/C23H36O4/c1-15(14-24)26-21(25)27-20-10-9-18-17-8-7-16-6-4-5-12-22(16,2)19(17)11-13-23(18,20)3/h6,15,17-20,24H,4-5,7-14H2,1-3H3/t15?,17-,18-,19-,20+,22-,23-/m0/s1. The summed E-state index contributed by atoms with van der Waals surface area (Å²) in [6.45, 7) is 6.40. The van der Waals surface area contributed by atoms with Crippen molar-refractivity contribution in [2.75, 3.05) is 6.61 Å². The summed E-state index contributed by atoms with van der Waals surface area (Å²) in [6.07, 6.45) is 12.5. The quantitative estimate of drug-likeness (QED) is 0.540. The molecule has 0 aromatic heterocycles. The van der Waals surface area contributed by atoms with Crippen LogP contribution in [-0.2, 0) is 9.47 Å². The normalized spacial score (nSPS) is 44.4. The van der Waals surface area contributed by atoms with Gasteiger partial charge in [0.2, 0.25) is 0 Å². The second-order valence-corrected chi connectivity index (χ2v) is 10.0. The summed E-state index contributed by atoms with van der Waals surface area (Å²) in [5, 5.41) is 9.09. The van der Waals surface area contributed by atoms with Gasteiger partial charge in [0.15, 0.2) is 0 Å². The number of fused-ring (bicyclic) bond motifs is 5. The SMILES string of the molecule is CC(CO)OC(=O)O[C@@H]1CC[C@H]2[C@@H]3CCC4=CCCC[C@]4(C)[C@H]3CC[C@]12C. The largest absolute Gasteiger partial charge is 0.508 e. The van der Waals surface area contributed by atoms with E-state index in [1.54, 1.807) is 12.5 Å². The Morgan fingerprint density at radius 1 is 1.22 bits per heavy atom. The van der Waals surface area contributed by atoms with Crippen LogP contribution < -0.4 is 0 Å². The average molecular weight is 377 g/mol. The van der Waals surface area contributed by atoms with Crippen molar-refractivity contribution in [3.8, 4) is 0 Å². The van der Waals surface area contributed by atoms with Crippen LogP contribution in [0.3, 0.4) is 0 Å². The first-order valence-electron chi connectivity index (χ1n) is 11.1. The summed E-state index contributed by atoms with van der Waals surface area (Å²) in [5.41, 5.74) is 2.23. The van der Waals surface area contributed by atoms with Gasteiger partial charge in [-0.25, -0.2) is 4.79 Å². The van der Waals surface area contributed by atoms with Gasteiger partial charge >= 0.3 is 6.16 Å². The van der Waals surface area contributed by atoms with Gasteiger partial charge in [0, 0.05) is 5.41 Å². The maximum Gasteiger partial charge on any atom is 0.508 e. The third-order valence-corrected chi connectivity index (χ3v) is 8.73. The summed E-state index contributed by atoms with van der Waals surface area (Å²) >= 11 is 0. The number of carbonyl (C=O) groups is 1. The van der Waals surface area contributed by atoms with Gasteiger partial charge in [-0.3, -0.25) is 0 Å². The molecule has 0 radical (unpaired) electrons. The molecule has 1 N–H and O–H groups in total. The summed E-state index contributed by atoms with van der Waals surface area (Å²) in [6, 6.07) is 0. The topological polar surface area (TPSA) is 55.8 Å². The van der Waals surface area contributed by atoms with Crippen LogP contribution in [0.5, 0.6) is 0 Å². The Kier molecular flexibility index (Phi) is 5.07. The monoisotopic (exact) mass is 376 g/mol. The first kappa shape index (κ1) is 19.3. The Morgan fingerprint density at radius 3 is 2.81 bits per heavy atom. The molecule has 0 aromatic rings. The van der Waals surface area contributed by atoms with Gasteiger partial charge < -0.3 is 14.6 Å². The highest BCUT2D eigenvalue weighted by molar-refractivity contribution is 5.60. The zero-order valence-corrected chi connectivity index (χ0v) is 17.2. The van der Waals surface area contributed by atoms with Crippen molar-refractivity contribution >= 4 is 6.16 Å². The van der Waals surface area contributed by atoms with Crippen molar-refractivity contribution in [2.24, 2.45) is 28.6 Å². The van der Waals surface area contributed by atoms with Gasteiger partial charge in [0.25, 0.3) is 0 Å². The lowest BCUT2D eigenvalue weighted by molar-refractivity contribution is -0.0919. The first-order chi connectivity index (χ1) is 12.9. The summed E-state index contributed by atoms with van der Waals surface area (Å²) in [4.78, 5) is 12.1. The van der Waals surface area contributed by atoms with Crippen LogP contribution in [-0.4, -0.2) is 30.1 Å². The molecule has 3 fully saturated rings. The summed E-state index contributed by atoms with van der Waals surface area (Å²) in [7, 11) is 0.